The van der Waals surface area contributed by atoms with Gasteiger partial charge in [-0.1, -0.05) is 54.4 Å². The van der Waals surface area contributed by atoms with Crippen LogP contribution in [0.2, 0.25) is 0 Å². The number of carbonyl (C=O) groups is 1. The number of aryl methyl sites for hydroxylation is 1. The van der Waals surface area contributed by atoms with Crippen molar-refractivity contribution in [3.05, 3.63) is 87.2 Å². The third-order valence-electron chi connectivity index (χ3n) is 7.85. The number of aromatic nitrogens is 3. The van der Waals surface area contributed by atoms with Gasteiger partial charge in [0, 0.05) is 31.3 Å². The maximum absolute atomic E-state index is 12.3. The number of fused-ring (bicyclic) bond motifs is 3. The summed E-state index contributed by atoms with van der Waals surface area (Å²) < 4.78 is 46.9. The molecule has 2 heterocycles. The number of aromatic carboxylic acids is 1. The summed E-state index contributed by atoms with van der Waals surface area (Å²) in [6, 6.07) is 13.9. The van der Waals surface area contributed by atoms with Crippen molar-refractivity contribution in [3.8, 4) is 16.9 Å². The summed E-state index contributed by atoms with van der Waals surface area (Å²) in [6.45, 7) is 4.89. The van der Waals surface area contributed by atoms with Gasteiger partial charge in [0.2, 0.25) is 5.89 Å². The van der Waals surface area contributed by atoms with E-state index in [4.69, 9.17) is 15.4 Å². The fourth-order valence-electron chi connectivity index (χ4n) is 5.35. The maximum Gasteiger partial charge on any atom is 0.425 e. The maximum atomic E-state index is 12.3. The Morgan fingerprint density at radius 2 is 1.93 bits per heavy atom. The van der Waals surface area contributed by atoms with Gasteiger partial charge in [0.25, 0.3) is 0 Å². The standard InChI is InChI=1S/C22H23N3O.C9H7BrF3NO3/c1-13-24-21(25-26-13)22(2,12-14-7-8-14)19-10-9-17-16-6-4-3-5-15(16)11-18(17)20(19)23;1-4(9(11,12)13)17-7-2-6(8(15)16)14-3-5(7)10/h3-6,9-10,14H,7-8,11-12,23H2,1-2H3;2-4H,1H3,(H,15,16)/t;4-/m.0/s1. The lowest BCUT2D eigenvalue weighted by atomic mass is 9.75. The van der Waals surface area contributed by atoms with E-state index in [1.165, 1.54) is 35.1 Å². The molecule has 2 aromatic heterocycles. The zero-order valence-electron chi connectivity index (χ0n) is 23.7. The summed E-state index contributed by atoms with van der Waals surface area (Å²) >= 11 is 2.93. The van der Waals surface area contributed by atoms with Crippen LogP contribution in [0.5, 0.6) is 5.75 Å². The van der Waals surface area contributed by atoms with Gasteiger partial charge in [0.15, 0.2) is 17.6 Å². The van der Waals surface area contributed by atoms with Crippen LogP contribution in [0.3, 0.4) is 0 Å². The van der Waals surface area contributed by atoms with Crippen LogP contribution in [-0.2, 0) is 11.8 Å². The second-order valence-electron chi connectivity index (χ2n) is 11.1. The molecule has 1 saturated carbocycles. The summed E-state index contributed by atoms with van der Waals surface area (Å²) in [7, 11) is 0. The van der Waals surface area contributed by atoms with Gasteiger partial charge in [-0.05, 0) is 69.9 Å². The predicted molar refractivity (Wildman–Crippen MR) is 157 cm³/mol. The molecule has 0 radical (unpaired) electrons. The van der Waals surface area contributed by atoms with E-state index in [9.17, 15) is 18.0 Å². The molecule has 2 aliphatic rings. The molecule has 0 amide bonds. The van der Waals surface area contributed by atoms with Crippen LogP contribution < -0.4 is 10.5 Å². The predicted octanol–water partition coefficient (Wildman–Crippen LogP) is 7.51. The van der Waals surface area contributed by atoms with Gasteiger partial charge in [0.1, 0.15) is 5.75 Å². The fraction of sp³-hybridized carbons (Fsp3) is 0.355. The number of hydrogen-bond donors (Lipinski definition) is 2. The molecule has 4 aromatic rings. The Bertz CT molecular complexity index is 1670. The molecule has 6 rings (SSSR count). The van der Waals surface area contributed by atoms with Crippen LogP contribution in [0.4, 0.5) is 18.9 Å². The number of halogens is 4. The van der Waals surface area contributed by atoms with Crippen LogP contribution in [0.1, 0.15) is 72.0 Å². The highest BCUT2D eigenvalue weighted by Gasteiger charge is 2.42. The molecule has 0 spiro atoms. The first-order valence-electron chi connectivity index (χ1n) is 13.7. The van der Waals surface area contributed by atoms with E-state index in [1.807, 2.05) is 6.92 Å². The molecule has 8 nitrogen and oxygen atoms in total. The van der Waals surface area contributed by atoms with Gasteiger partial charge in [-0.15, -0.1) is 0 Å². The second kappa shape index (κ2) is 11.6. The van der Waals surface area contributed by atoms with Crippen molar-refractivity contribution in [3.63, 3.8) is 0 Å². The van der Waals surface area contributed by atoms with Gasteiger partial charge < -0.3 is 20.1 Å². The van der Waals surface area contributed by atoms with Crippen molar-refractivity contribution in [1.29, 1.82) is 0 Å². The molecule has 3 N–H and O–H groups in total. The van der Waals surface area contributed by atoms with E-state index in [1.54, 1.807) is 0 Å². The second-order valence-corrected chi connectivity index (χ2v) is 12.0. The van der Waals surface area contributed by atoms with Crippen molar-refractivity contribution in [1.82, 2.24) is 15.1 Å². The van der Waals surface area contributed by atoms with Crippen LogP contribution in [0.25, 0.3) is 11.1 Å². The molecule has 2 aromatic carbocycles. The number of anilines is 1. The van der Waals surface area contributed by atoms with Crippen LogP contribution in [-0.4, -0.2) is 38.5 Å². The molecule has 0 bridgehead atoms. The van der Waals surface area contributed by atoms with Crippen molar-refractivity contribution in [2.45, 2.75) is 64.1 Å². The number of nitrogen functional groups attached to an aromatic ring is 1. The fourth-order valence-corrected chi connectivity index (χ4v) is 5.66. The van der Waals surface area contributed by atoms with Crippen LogP contribution in [0, 0.1) is 12.8 Å². The Balaban J connectivity index is 0.000000189. The van der Waals surface area contributed by atoms with Gasteiger partial charge in [0.05, 0.1) is 9.89 Å². The topological polar surface area (TPSA) is 124 Å². The van der Waals surface area contributed by atoms with E-state index in [2.05, 4.69) is 79.1 Å². The number of pyridine rings is 1. The highest BCUT2D eigenvalue weighted by atomic mass is 79.9. The monoisotopic (exact) mass is 658 g/mol. The minimum Gasteiger partial charge on any atom is -0.480 e. The van der Waals surface area contributed by atoms with Crippen molar-refractivity contribution < 1.29 is 32.3 Å². The molecule has 1 fully saturated rings. The Morgan fingerprint density at radius 1 is 1.21 bits per heavy atom. The average Bonchev–Trinajstić information content (AvgIpc) is 3.50. The number of carboxylic acids is 1. The lowest BCUT2D eigenvalue weighted by Gasteiger charge is -2.29. The van der Waals surface area contributed by atoms with Gasteiger partial charge in [-0.3, -0.25) is 0 Å². The summed E-state index contributed by atoms with van der Waals surface area (Å²) in [5, 5.41) is 12.9. The highest BCUT2D eigenvalue weighted by Crippen LogP contribution is 2.49. The number of nitrogens with zero attached hydrogens (tertiary/aromatic N) is 3. The van der Waals surface area contributed by atoms with Gasteiger partial charge in [-0.2, -0.15) is 18.2 Å². The Hall–Kier alpha value is -3.93. The van der Waals surface area contributed by atoms with E-state index < -0.39 is 23.9 Å². The first kappa shape index (κ1) is 30.5. The normalized spacial score (nSPS) is 15.9. The quantitative estimate of drug-likeness (QED) is 0.172. The number of nitrogens with two attached hydrogens (primary N) is 1. The third kappa shape index (κ3) is 6.39. The number of ether oxygens (including phenoxy) is 1. The molecule has 0 saturated heterocycles. The molecule has 2 aliphatic carbocycles. The highest BCUT2D eigenvalue weighted by molar-refractivity contribution is 9.10. The molecule has 0 aliphatic heterocycles. The van der Waals surface area contributed by atoms with Crippen LogP contribution >= 0.6 is 15.9 Å². The number of benzene rings is 2. The molecule has 1 unspecified atom stereocenters. The lowest BCUT2D eigenvalue weighted by molar-refractivity contribution is -0.189. The van der Waals surface area contributed by atoms with Crippen molar-refractivity contribution >= 4 is 27.6 Å². The Kier molecular flexibility index (Phi) is 8.26. The third-order valence-corrected chi connectivity index (χ3v) is 8.44. The van der Waals surface area contributed by atoms with Crippen molar-refractivity contribution in [2.75, 3.05) is 5.73 Å². The summed E-state index contributed by atoms with van der Waals surface area (Å²) in [5.41, 5.74) is 13.2. The number of alkyl halides is 3. The molecule has 43 heavy (non-hydrogen) atoms. The lowest BCUT2D eigenvalue weighted by Crippen LogP contribution is -2.31. The first-order chi connectivity index (χ1) is 20.3. The van der Waals surface area contributed by atoms with E-state index in [0.29, 0.717) is 5.89 Å². The first-order valence-corrected chi connectivity index (χ1v) is 14.5. The number of rotatable bonds is 7. The SMILES string of the molecule is C[C@H](Oc1cc(C(=O)O)ncc1Br)C(F)(F)F.Cc1nc(C(C)(CC2CC2)c2ccc3c(c2N)Cc2ccccc2-3)no1. The minimum atomic E-state index is -4.52. The summed E-state index contributed by atoms with van der Waals surface area (Å²) in [4.78, 5) is 18.7. The summed E-state index contributed by atoms with van der Waals surface area (Å²) in [5.74, 6) is 0.520. The number of carboxylic acid groups (broad SMARTS) is 1. The Morgan fingerprint density at radius 3 is 2.56 bits per heavy atom. The minimum absolute atomic E-state index is 0.151. The zero-order valence-corrected chi connectivity index (χ0v) is 25.3. The molecule has 12 heteroatoms. The zero-order chi connectivity index (χ0) is 31.1. The smallest absolute Gasteiger partial charge is 0.425 e. The van der Waals surface area contributed by atoms with Gasteiger partial charge >= 0.3 is 12.1 Å². The van der Waals surface area contributed by atoms with Crippen molar-refractivity contribution in [2.24, 2.45) is 5.92 Å². The Labute approximate surface area is 254 Å². The molecular formula is C31H30BrF3N4O4. The molecule has 226 valence electrons. The van der Waals surface area contributed by atoms with Gasteiger partial charge in [-0.25, -0.2) is 9.78 Å². The molecule has 2 atom stereocenters. The van der Waals surface area contributed by atoms with E-state index in [0.717, 1.165) is 55.0 Å². The summed E-state index contributed by atoms with van der Waals surface area (Å²) in [6.07, 6.45) is -1.01. The molecular weight excluding hydrogens is 629 g/mol. The van der Waals surface area contributed by atoms with Crippen LogP contribution in [0.15, 0.2) is 57.7 Å². The number of hydrogen-bond acceptors (Lipinski definition) is 7. The largest absolute Gasteiger partial charge is 0.480 e. The average molecular weight is 660 g/mol. The van der Waals surface area contributed by atoms with E-state index in [-0.39, 0.29) is 15.6 Å². The van der Waals surface area contributed by atoms with E-state index >= 15 is 0 Å².